The Morgan fingerprint density at radius 1 is 1.11 bits per heavy atom. The average molecular weight is 404 g/mol. The molecule has 0 aromatic heterocycles. The summed E-state index contributed by atoms with van der Waals surface area (Å²) in [4.78, 5) is 12.4. The molecular formula is C20H25N3O4S. The molecule has 2 amide bonds. The third kappa shape index (κ3) is 4.63. The Labute approximate surface area is 165 Å². The van der Waals surface area contributed by atoms with E-state index in [4.69, 9.17) is 4.74 Å². The summed E-state index contributed by atoms with van der Waals surface area (Å²) in [5.41, 5.74) is 1.69. The van der Waals surface area contributed by atoms with Crippen molar-refractivity contribution in [2.75, 3.05) is 27.2 Å². The van der Waals surface area contributed by atoms with E-state index in [0.29, 0.717) is 18.7 Å². The molecule has 0 saturated carbocycles. The summed E-state index contributed by atoms with van der Waals surface area (Å²) >= 11 is 0. The first-order valence-electron chi connectivity index (χ1n) is 9.11. The van der Waals surface area contributed by atoms with Gasteiger partial charge in [-0.25, -0.2) is 17.5 Å². The molecule has 7 nitrogen and oxygen atoms in total. The zero-order valence-electron chi connectivity index (χ0n) is 16.0. The number of ether oxygens (including phenoxy) is 1. The van der Waals surface area contributed by atoms with Crippen LogP contribution in [0.3, 0.4) is 0 Å². The van der Waals surface area contributed by atoms with Gasteiger partial charge in [0.05, 0.1) is 11.5 Å². The number of nitrogens with zero attached hydrogens (tertiary/aromatic N) is 1. The Bertz CT molecular complexity index is 944. The molecule has 3 rings (SSSR count). The van der Waals surface area contributed by atoms with Crippen LogP contribution < -0.4 is 15.4 Å². The van der Waals surface area contributed by atoms with E-state index in [1.807, 2.05) is 24.3 Å². The monoisotopic (exact) mass is 403 g/mol. The highest BCUT2D eigenvalue weighted by atomic mass is 32.2. The number of sulfonamides is 1. The van der Waals surface area contributed by atoms with Gasteiger partial charge in [0, 0.05) is 33.1 Å². The molecular weight excluding hydrogens is 378 g/mol. The van der Waals surface area contributed by atoms with Gasteiger partial charge in [0.15, 0.2) is 0 Å². The fourth-order valence-electron chi connectivity index (χ4n) is 3.10. The number of carbonyl (C=O) groups is 1. The molecule has 28 heavy (non-hydrogen) atoms. The molecule has 1 unspecified atom stereocenters. The van der Waals surface area contributed by atoms with Gasteiger partial charge in [-0.15, -0.1) is 0 Å². The van der Waals surface area contributed by atoms with Crippen LogP contribution in [0.15, 0.2) is 53.4 Å². The Morgan fingerprint density at radius 2 is 1.82 bits per heavy atom. The van der Waals surface area contributed by atoms with Crippen molar-refractivity contribution in [3.8, 4) is 5.75 Å². The standard InChI is InChI=1S/C20H25N3O4S/c1-23(2)28(25,26)19-10-6-4-8-17(19)13-22-20(24)21-12-15-11-16-7-3-5-9-18(16)27-14-15/h3-10,15H,11-14H2,1-2H3,(H2,21,22,24). The van der Waals surface area contributed by atoms with Crippen LogP contribution in [0.1, 0.15) is 11.1 Å². The lowest BCUT2D eigenvalue weighted by molar-refractivity contribution is 0.211. The normalized spacial score (nSPS) is 16.2. The minimum atomic E-state index is -3.57. The molecule has 1 aliphatic rings. The largest absolute Gasteiger partial charge is 0.493 e. The Kier molecular flexibility index (Phi) is 6.21. The van der Waals surface area contributed by atoms with Gasteiger partial charge in [-0.3, -0.25) is 0 Å². The zero-order valence-corrected chi connectivity index (χ0v) is 16.8. The van der Waals surface area contributed by atoms with Crippen LogP contribution in [-0.4, -0.2) is 46.0 Å². The predicted octanol–water partition coefficient (Wildman–Crippen LogP) is 1.99. The topological polar surface area (TPSA) is 87.7 Å². The van der Waals surface area contributed by atoms with E-state index in [1.165, 1.54) is 14.1 Å². The molecule has 150 valence electrons. The molecule has 2 aromatic carbocycles. The number of rotatable bonds is 6. The fourth-order valence-corrected chi connectivity index (χ4v) is 4.21. The van der Waals surface area contributed by atoms with Gasteiger partial charge >= 0.3 is 6.03 Å². The Hall–Kier alpha value is -2.58. The molecule has 2 aromatic rings. The third-order valence-corrected chi connectivity index (χ3v) is 6.59. The molecule has 0 fully saturated rings. The number of benzene rings is 2. The van der Waals surface area contributed by atoms with Crippen molar-refractivity contribution in [1.82, 2.24) is 14.9 Å². The molecule has 8 heteroatoms. The van der Waals surface area contributed by atoms with Crippen LogP contribution in [0.25, 0.3) is 0 Å². The van der Waals surface area contributed by atoms with Gasteiger partial charge < -0.3 is 15.4 Å². The lowest BCUT2D eigenvalue weighted by Gasteiger charge is -2.25. The number of fused-ring (bicyclic) bond motifs is 1. The Morgan fingerprint density at radius 3 is 2.61 bits per heavy atom. The van der Waals surface area contributed by atoms with Crippen molar-refractivity contribution < 1.29 is 17.9 Å². The summed E-state index contributed by atoms with van der Waals surface area (Å²) in [7, 11) is -0.603. The lowest BCUT2D eigenvalue weighted by atomic mass is 9.97. The smallest absolute Gasteiger partial charge is 0.315 e. The number of nitrogens with one attached hydrogen (secondary N) is 2. The third-order valence-electron chi connectivity index (χ3n) is 4.68. The first-order chi connectivity index (χ1) is 13.4. The van der Waals surface area contributed by atoms with Crippen molar-refractivity contribution in [3.05, 3.63) is 59.7 Å². The molecule has 0 bridgehead atoms. The van der Waals surface area contributed by atoms with Crippen LogP contribution in [0.2, 0.25) is 0 Å². The number of urea groups is 1. The summed E-state index contributed by atoms with van der Waals surface area (Å²) in [5, 5.41) is 5.58. The second kappa shape index (κ2) is 8.62. The summed E-state index contributed by atoms with van der Waals surface area (Å²) in [5.74, 6) is 1.10. The van der Waals surface area contributed by atoms with E-state index in [9.17, 15) is 13.2 Å². The Balaban J connectivity index is 1.53. The number of amides is 2. The van der Waals surface area contributed by atoms with Gasteiger partial charge in [0.2, 0.25) is 10.0 Å². The van der Waals surface area contributed by atoms with E-state index in [2.05, 4.69) is 10.6 Å². The number of hydrogen-bond acceptors (Lipinski definition) is 4. The molecule has 1 aliphatic heterocycles. The van der Waals surface area contributed by atoms with E-state index in [-0.39, 0.29) is 23.4 Å². The van der Waals surface area contributed by atoms with Gasteiger partial charge in [-0.05, 0) is 29.7 Å². The molecule has 2 N–H and O–H groups in total. The van der Waals surface area contributed by atoms with Crippen molar-refractivity contribution in [3.63, 3.8) is 0 Å². The summed E-state index contributed by atoms with van der Waals surface area (Å²) in [6.07, 6.45) is 0.848. The zero-order chi connectivity index (χ0) is 20.1. The second-order valence-electron chi connectivity index (χ2n) is 6.95. The molecule has 0 aliphatic carbocycles. The highest BCUT2D eigenvalue weighted by Crippen LogP contribution is 2.26. The lowest BCUT2D eigenvalue weighted by Crippen LogP contribution is -2.40. The quantitative estimate of drug-likeness (QED) is 0.772. The van der Waals surface area contributed by atoms with Gasteiger partial charge in [0.1, 0.15) is 5.75 Å². The van der Waals surface area contributed by atoms with Crippen LogP contribution in [0.5, 0.6) is 5.75 Å². The van der Waals surface area contributed by atoms with Crippen LogP contribution in [-0.2, 0) is 23.0 Å². The first-order valence-corrected chi connectivity index (χ1v) is 10.5. The van der Waals surface area contributed by atoms with Crippen molar-refractivity contribution in [2.45, 2.75) is 17.9 Å². The highest BCUT2D eigenvalue weighted by molar-refractivity contribution is 7.89. The van der Waals surface area contributed by atoms with Crippen LogP contribution in [0, 0.1) is 5.92 Å². The van der Waals surface area contributed by atoms with Crippen molar-refractivity contribution in [1.29, 1.82) is 0 Å². The van der Waals surface area contributed by atoms with E-state index < -0.39 is 10.0 Å². The summed E-state index contributed by atoms with van der Waals surface area (Å²) in [6, 6.07) is 14.2. The number of carbonyl (C=O) groups excluding carboxylic acids is 1. The summed E-state index contributed by atoms with van der Waals surface area (Å²) in [6.45, 7) is 1.16. The average Bonchev–Trinajstić information content (AvgIpc) is 2.70. The maximum atomic E-state index is 12.4. The molecule has 0 saturated heterocycles. The molecule has 1 atom stereocenters. The number of hydrogen-bond donors (Lipinski definition) is 2. The second-order valence-corrected chi connectivity index (χ2v) is 9.07. The maximum Gasteiger partial charge on any atom is 0.315 e. The highest BCUT2D eigenvalue weighted by Gasteiger charge is 2.22. The minimum Gasteiger partial charge on any atom is -0.493 e. The molecule has 0 spiro atoms. The number of para-hydroxylation sites is 1. The van der Waals surface area contributed by atoms with Crippen molar-refractivity contribution in [2.24, 2.45) is 5.92 Å². The first kappa shape index (κ1) is 20.2. The minimum absolute atomic E-state index is 0.124. The maximum absolute atomic E-state index is 12.4. The molecule has 0 radical (unpaired) electrons. The van der Waals surface area contributed by atoms with Crippen molar-refractivity contribution >= 4 is 16.1 Å². The van der Waals surface area contributed by atoms with Crippen LogP contribution >= 0.6 is 0 Å². The van der Waals surface area contributed by atoms with E-state index >= 15 is 0 Å². The van der Waals surface area contributed by atoms with Crippen LogP contribution in [0.4, 0.5) is 4.79 Å². The fraction of sp³-hybridized carbons (Fsp3) is 0.350. The van der Waals surface area contributed by atoms with Gasteiger partial charge in [0.25, 0.3) is 0 Å². The summed E-state index contributed by atoms with van der Waals surface area (Å²) < 4.78 is 31.7. The van der Waals surface area contributed by atoms with Gasteiger partial charge in [-0.2, -0.15) is 0 Å². The van der Waals surface area contributed by atoms with E-state index in [0.717, 1.165) is 22.0 Å². The molecule has 1 heterocycles. The SMILES string of the molecule is CN(C)S(=O)(=O)c1ccccc1CNC(=O)NCC1COc2ccccc2C1. The predicted molar refractivity (Wildman–Crippen MR) is 107 cm³/mol. The van der Waals surface area contributed by atoms with E-state index in [1.54, 1.807) is 24.3 Å². The van der Waals surface area contributed by atoms with Gasteiger partial charge in [-0.1, -0.05) is 36.4 Å².